The Morgan fingerprint density at radius 3 is 2.40 bits per heavy atom. The van der Waals surface area contributed by atoms with E-state index in [9.17, 15) is 4.79 Å². The largest absolute Gasteiger partial charge is 0.497 e. The predicted molar refractivity (Wildman–Crippen MR) is 96.9 cm³/mol. The zero-order chi connectivity index (χ0) is 17.6. The van der Waals surface area contributed by atoms with E-state index in [1.165, 1.54) is 0 Å². The molecule has 0 bridgehead atoms. The molecule has 3 rings (SSSR count). The Morgan fingerprint density at radius 2 is 1.76 bits per heavy atom. The van der Waals surface area contributed by atoms with Crippen LogP contribution in [0.1, 0.15) is 30.5 Å². The van der Waals surface area contributed by atoms with E-state index >= 15 is 0 Å². The molecule has 5 nitrogen and oxygen atoms in total. The van der Waals surface area contributed by atoms with Crippen LogP contribution in [0.25, 0.3) is 0 Å². The van der Waals surface area contributed by atoms with Crippen LogP contribution in [-0.2, 0) is 6.54 Å². The van der Waals surface area contributed by atoms with Crippen molar-refractivity contribution in [3.05, 3.63) is 59.7 Å². The molecule has 1 aliphatic rings. The van der Waals surface area contributed by atoms with E-state index in [1.54, 1.807) is 7.11 Å². The van der Waals surface area contributed by atoms with Gasteiger partial charge < -0.3 is 19.7 Å². The number of benzene rings is 2. The van der Waals surface area contributed by atoms with Crippen molar-refractivity contribution in [2.24, 2.45) is 0 Å². The molecule has 1 saturated heterocycles. The molecule has 0 radical (unpaired) electrons. The molecule has 132 valence electrons. The number of carbonyl (C=O) groups excluding carboxylic acids is 1. The monoisotopic (exact) mass is 340 g/mol. The number of methoxy groups -OCH3 is 1. The third-order valence-corrected chi connectivity index (χ3v) is 4.28. The average Bonchev–Trinajstić information content (AvgIpc) is 3.01. The summed E-state index contributed by atoms with van der Waals surface area (Å²) in [7, 11) is 1.64. The zero-order valence-corrected chi connectivity index (χ0v) is 14.7. The second kappa shape index (κ2) is 7.92. The molecule has 0 saturated carbocycles. The van der Waals surface area contributed by atoms with Crippen molar-refractivity contribution in [1.29, 1.82) is 0 Å². The third kappa shape index (κ3) is 4.24. The lowest BCUT2D eigenvalue weighted by atomic mass is 10.1. The molecule has 0 spiro atoms. The Labute approximate surface area is 148 Å². The standard InChI is InChI=1S/C20H24N2O3/c1-3-12-25-18-10-6-16(7-11-18)19-14-22(20(23)21-19)13-15-4-8-17(24-2)9-5-15/h4-11,19H,3,12-14H2,1-2H3,(H,21,23)/t19-/m1/s1. The van der Waals surface area contributed by atoms with E-state index in [4.69, 9.17) is 9.47 Å². The molecule has 2 aromatic carbocycles. The second-order valence-electron chi connectivity index (χ2n) is 6.15. The number of amides is 2. The van der Waals surface area contributed by atoms with Crippen molar-refractivity contribution in [2.75, 3.05) is 20.3 Å². The van der Waals surface area contributed by atoms with Gasteiger partial charge in [0.15, 0.2) is 0 Å². The van der Waals surface area contributed by atoms with Gasteiger partial charge in [-0.15, -0.1) is 0 Å². The van der Waals surface area contributed by atoms with Crippen molar-refractivity contribution >= 4 is 6.03 Å². The van der Waals surface area contributed by atoms with Crippen LogP contribution in [0.2, 0.25) is 0 Å². The lowest BCUT2D eigenvalue weighted by Gasteiger charge is -2.15. The number of rotatable bonds is 7. The third-order valence-electron chi connectivity index (χ3n) is 4.28. The predicted octanol–water partition coefficient (Wildman–Crippen LogP) is 3.75. The first-order valence-corrected chi connectivity index (χ1v) is 8.60. The van der Waals surface area contributed by atoms with Crippen molar-refractivity contribution in [3.8, 4) is 11.5 Å². The van der Waals surface area contributed by atoms with E-state index in [1.807, 2.05) is 53.4 Å². The molecule has 1 aliphatic heterocycles. The molecular formula is C20H24N2O3. The molecule has 25 heavy (non-hydrogen) atoms. The van der Waals surface area contributed by atoms with Crippen molar-refractivity contribution < 1.29 is 14.3 Å². The number of carbonyl (C=O) groups is 1. The summed E-state index contributed by atoms with van der Waals surface area (Å²) in [5.41, 5.74) is 2.18. The Hall–Kier alpha value is -2.69. The Kier molecular flexibility index (Phi) is 5.43. The first-order chi connectivity index (χ1) is 12.2. The summed E-state index contributed by atoms with van der Waals surface area (Å²) < 4.78 is 10.8. The van der Waals surface area contributed by atoms with Gasteiger partial charge in [-0.1, -0.05) is 31.2 Å². The summed E-state index contributed by atoms with van der Waals surface area (Å²) in [6.45, 7) is 4.04. The minimum atomic E-state index is -0.0351. The van der Waals surface area contributed by atoms with Gasteiger partial charge >= 0.3 is 6.03 Å². The highest BCUT2D eigenvalue weighted by Crippen LogP contribution is 2.24. The van der Waals surface area contributed by atoms with Gasteiger partial charge in [0.1, 0.15) is 11.5 Å². The molecule has 0 aromatic heterocycles. The normalized spacial score (nSPS) is 16.6. The van der Waals surface area contributed by atoms with Crippen molar-refractivity contribution in [3.63, 3.8) is 0 Å². The Bertz CT molecular complexity index is 698. The van der Waals surface area contributed by atoms with Crippen LogP contribution in [0.3, 0.4) is 0 Å². The molecule has 1 atom stereocenters. The van der Waals surface area contributed by atoms with Crippen LogP contribution >= 0.6 is 0 Å². The summed E-state index contributed by atoms with van der Waals surface area (Å²) in [6.07, 6.45) is 0.987. The topological polar surface area (TPSA) is 50.8 Å². The summed E-state index contributed by atoms with van der Waals surface area (Å²) >= 11 is 0. The summed E-state index contributed by atoms with van der Waals surface area (Å²) in [6, 6.07) is 15.7. The smallest absolute Gasteiger partial charge is 0.318 e. The fourth-order valence-electron chi connectivity index (χ4n) is 2.88. The molecular weight excluding hydrogens is 316 g/mol. The number of urea groups is 1. The Morgan fingerprint density at radius 1 is 1.08 bits per heavy atom. The average molecular weight is 340 g/mol. The summed E-state index contributed by atoms with van der Waals surface area (Å²) in [5, 5.41) is 3.05. The minimum Gasteiger partial charge on any atom is -0.497 e. The van der Waals surface area contributed by atoms with Gasteiger partial charge in [-0.05, 0) is 41.8 Å². The lowest BCUT2D eigenvalue weighted by molar-refractivity contribution is 0.215. The maximum absolute atomic E-state index is 12.3. The summed E-state index contributed by atoms with van der Waals surface area (Å²) in [4.78, 5) is 14.1. The van der Waals surface area contributed by atoms with E-state index in [0.717, 1.165) is 35.7 Å². The van der Waals surface area contributed by atoms with Crippen molar-refractivity contribution in [1.82, 2.24) is 10.2 Å². The van der Waals surface area contributed by atoms with Crippen LogP contribution in [0.4, 0.5) is 4.79 Å². The molecule has 1 heterocycles. The highest BCUT2D eigenvalue weighted by Gasteiger charge is 2.29. The van der Waals surface area contributed by atoms with Gasteiger partial charge in [0, 0.05) is 13.1 Å². The number of nitrogens with one attached hydrogen (secondary N) is 1. The summed E-state index contributed by atoms with van der Waals surface area (Å²) in [5.74, 6) is 1.68. The zero-order valence-electron chi connectivity index (χ0n) is 14.7. The maximum atomic E-state index is 12.3. The Balaban J connectivity index is 1.61. The van der Waals surface area contributed by atoms with Gasteiger partial charge in [0.2, 0.25) is 0 Å². The SMILES string of the molecule is CCCOc1ccc([C@H]2CN(Cc3ccc(OC)cc3)C(=O)N2)cc1. The maximum Gasteiger partial charge on any atom is 0.318 e. The van der Waals surface area contributed by atoms with Gasteiger partial charge in [0.25, 0.3) is 0 Å². The fraction of sp³-hybridized carbons (Fsp3) is 0.350. The highest BCUT2D eigenvalue weighted by molar-refractivity contribution is 5.77. The van der Waals surface area contributed by atoms with E-state index in [2.05, 4.69) is 12.2 Å². The van der Waals surface area contributed by atoms with Crippen LogP contribution in [0.5, 0.6) is 11.5 Å². The number of hydrogen-bond acceptors (Lipinski definition) is 3. The number of ether oxygens (including phenoxy) is 2. The second-order valence-corrected chi connectivity index (χ2v) is 6.15. The molecule has 2 aromatic rings. The van der Waals surface area contributed by atoms with E-state index < -0.39 is 0 Å². The number of hydrogen-bond donors (Lipinski definition) is 1. The first-order valence-electron chi connectivity index (χ1n) is 8.60. The van der Waals surface area contributed by atoms with Crippen LogP contribution in [0.15, 0.2) is 48.5 Å². The molecule has 1 N–H and O–H groups in total. The fourth-order valence-corrected chi connectivity index (χ4v) is 2.88. The van der Waals surface area contributed by atoms with Crippen LogP contribution < -0.4 is 14.8 Å². The van der Waals surface area contributed by atoms with Crippen LogP contribution in [-0.4, -0.2) is 31.2 Å². The van der Waals surface area contributed by atoms with E-state index in [-0.39, 0.29) is 12.1 Å². The lowest BCUT2D eigenvalue weighted by Crippen LogP contribution is -2.27. The number of nitrogens with zero attached hydrogens (tertiary/aromatic N) is 1. The van der Waals surface area contributed by atoms with E-state index in [0.29, 0.717) is 13.1 Å². The molecule has 5 heteroatoms. The quantitative estimate of drug-likeness (QED) is 0.835. The van der Waals surface area contributed by atoms with Gasteiger partial charge in [0.05, 0.1) is 19.8 Å². The molecule has 1 fully saturated rings. The van der Waals surface area contributed by atoms with Gasteiger partial charge in [-0.2, -0.15) is 0 Å². The van der Waals surface area contributed by atoms with Crippen LogP contribution in [0, 0.1) is 0 Å². The molecule has 2 amide bonds. The highest BCUT2D eigenvalue weighted by atomic mass is 16.5. The first kappa shape index (κ1) is 17.1. The van der Waals surface area contributed by atoms with Crippen molar-refractivity contribution in [2.45, 2.75) is 25.9 Å². The van der Waals surface area contributed by atoms with Gasteiger partial charge in [-0.25, -0.2) is 4.79 Å². The minimum absolute atomic E-state index is 0.00553. The van der Waals surface area contributed by atoms with Gasteiger partial charge in [-0.3, -0.25) is 0 Å². The molecule has 0 aliphatic carbocycles. The molecule has 0 unspecified atom stereocenters.